The predicted octanol–water partition coefficient (Wildman–Crippen LogP) is 2.91. The van der Waals surface area contributed by atoms with Crippen molar-refractivity contribution in [1.82, 2.24) is 0 Å². The Labute approximate surface area is 128 Å². The summed E-state index contributed by atoms with van der Waals surface area (Å²) >= 11 is 0. The van der Waals surface area contributed by atoms with E-state index in [9.17, 15) is 4.79 Å². The van der Waals surface area contributed by atoms with Crippen LogP contribution in [0.4, 0.5) is 5.69 Å². The molecule has 0 amide bonds. The molecule has 1 aliphatic carbocycles. The summed E-state index contributed by atoms with van der Waals surface area (Å²) in [5, 5.41) is 3.47. The molecule has 0 unspecified atom stereocenters. The number of Topliss-reactive ketones (excluding diaryl/α,β-unsaturated/α-hetero) is 1. The fraction of sp³-hybridized carbons (Fsp3) is 0.278. The Hall–Kier alpha value is -2.49. The summed E-state index contributed by atoms with van der Waals surface area (Å²) in [6.07, 6.45) is 0.666. The minimum Gasteiger partial charge on any atom is -0.454 e. The standard InChI is InChI=1S/C18H15NO3/c1-10-18(13-4-2-3-5-14(13)19-10)8-12-11(17(18)20)6-7-15-16(12)22-9-21-15/h2-7,10,19H,8-9H2,1H3/t10-,18+/m0/s1. The van der Waals surface area contributed by atoms with E-state index < -0.39 is 5.41 Å². The van der Waals surface area contributed by atoms with Crippen molar-refractivity contribution >= 4 is 11.5 Å². The molecule has 1 N–H and O–H groups in total. The predicted molar refractivity (Wildman–Crippen MR) is 81.8 cm³/mol. The Bertz CT molecular complexity index is 829. The molecular formula is C18H15NO3. The van der Waals surface area contributed by atoms with Gasteiger partial charge in [0.05, 0.1) is 5.41 Å². The molecule has 0 bridgehead atoms. The van der Waals surface area contributed by atoms with E-state index in [4.69, 9.17) is 9.47 Å². The highest BCUT2D eigenvalue weighted by Gasteiger charge is 2.56. The van der Waals surface area contributed by atoms with Crippen LogP contribution in [0.25, 0.3) is 0 Å². The maximum atomic E-state index is 13.3. The topological polar surface area (TPSA) is 47.6 Å². The number of hydrogen-bond acceptors (Lipinski definition) is 4. The molecule has 0 radical (unpaired) electrons. The van der Waals surface area contributed by atoms with Crippen molar-refractivity contribution in [1.29, 1.82) is 0 Å². The van der Waals surface area contributed by atoms with Crippen molar-refractivity contribution in [2.45, 2.75) is 24.8 Å². The minimum atomic E-state index is -0.528. The van der Waals surface area contributed by atoms with E-state index in [-0.39, 0.29) is 18.6 Å². The molecule has 22 heavy (non-hydrogen) atoms. The first-order chi connectivity index (χ1) is 10.7. The maximum Gasteiger partial charge on any atom is 0.231 e. The van der Waals surface area contributed by atoms with Gasteiger partial charge in [0.1, 0.15) is 0 Å². The molecule has 1 spiro atoms. The van der Waals surface area contributed by atoms with Gasteiger partial charge in [0, 0.05) is 22.9 Å². The molecule has 0 saturated carbocycles. The Balaban J connectivity index is 1.75. The number of carbonyl (C=O) groups is 1. The van der Waals surface area contributed by atoms with Gasteiger partial charge in [0.25, 0.3) is 0 Å². The third kappa shape index (κ3) is 1.22. The average molecular weight is 293 g/mol. The van der Waals surface area contributed by atoms with Gasteiger partial charge >= 0.3 is 0 Å². The summed E-state index contributed by atoms with van der Waals surface area (Å²) < 4.78 is 11.1. The molecule has 2 aliphatic heterocycles. The van der Waals surface area contributed by atoms with Gasteiger partial charge in [-0.2, -0.15) is 0 Å². The van der Waals surface area contributed by atoms with Crippen LogP contribution in [0.15, 0.2) is 36.4 Å². The summed E-state index contributed by atoms with van der Waals surface area (Å²) in [7, 11) is 0. The number of hydrogen-bond donors (Lipinski definition) is 1. The Morgan fingerprint density at radius 3 is 2.95 bits per heavy atom. The van der Waals surface area contributed by atoms with E-state index in [2.05, 4.69) is 18.3 Å². The number of anilines is 1. The second-order valence-electron chi connectivity index (χ2n) is 6.21. The Kier molecular flexibility index (Phi) is 2.10. The molecule has 4 nitrogen and oxygen atoms in total. The van der Waals surface area contributed by atoms with E-state index in [1.54, 1.807) is 0 Å². The van der Waals surface area contributed by atoms with Crippen LogP contribution in [-0.2, 0) is 11.8 Å². The average Bonchev–Trinajstić information content (AvgIpc) is 3.18. The third-order valence-corrected chi connectivity index (χ3v) is 5.27. The first-order valence-corrected chi connectivity index (χ1v) is 7.54. The van der Waals surface area contributed by atoms with Crippen LogP contribution >= 0.6 is 0 Å². The number of para-hydroxylation sites is 1. The van der Waals surface area contributed by atoms with E-state index in [1.165, 1.54) is 0 Å². The van der Waals surface area contributed by atoms with Crippen molar-refractivity contribution in [2.75, 3.05) is 12.1 Å². The normalized spacial score (nSPS) is 27.0. The number of ether oxygens (including phenoxy) is 2. The first kappa shape index (κ1) is 12.1. The molecule has 4 heteroatoms. The van der Waals surface area contributed by atoms with Crippen LogP contribution in [0.3, 0.4) is 0 Å². The minimum absolute atomic E-state index is 0.0581. The molecule has 0 saturated heterocycles. The smallest absolute Gasteiger partial charge is 0.231 e. The molecule has 110 valence electrons. The van der Waals surface area contributed by atoms with Gasteiger partial charge in [-0.3, -0.25) is 4.79 Å². The largest absolute Gasteiger partial charge is 0.454 e. The van der Waals surface area contributed by atoms with Crippen molar-refractivity contribution in [2.24, 2.45) is 0 Å². The van der Waals surface area contributed by atoms with E-state index in [0.29, 0.717) is 6.42 Å². The van der Waals surface area contributed by atoms with Crippen molar-refractivity contribution in [3.63, 3.8) is 0 Å². The lowest BCUT2D eigenvalue weighted by Crippen LogP contribution is -2.42. The van der Waals surface area contributed by atoms with Crippen LogP contribution in [-0.4, -0.2) is 18.6 Å². The second-order valence-corrected chi connectivity index (χ2v) is 6.21. The summed E-state index contributed by atoms with van der Waals surface area (Å²) in [6, 6.07) is 11.9. The zero-order valence-corrected chi connectivity index (χ0v) is 12.2. The zero-order chi connectivity index (χ0) is 14.9. The molecule has 2 aromatic carbocycles. The summed E-state index contributed by atoms with van der Waals surface area (Å²) in [5.41, 5.74) is 3.39. The van der Waals surface area contributed by atoms with Gasteiger partial charge in [0.2, 0.25) is 6.79 Å². The Morgan fingerprint density at radius 2 is 2.05 bits per heavy atom. The SMILES string of the molecule is C[C@@H]1Nc2ccccc2[C@@]12Cc1c(ccc3c1OCO3)C2=O. The van der Waals surface area contributed by atoms with Crippen LogP contribution in [0.5, 0.6) is 11.5 Å². The highest BCUT2D eigenvalue weighted by molar-refractivity contribution is 6.11. The highest BCUT2D eigenvalue weighted by atomic mass is 16.7. The fourth-order valence-electron chi connectivity index (χ4n) is 4.17. The van der Waals surface area contributed by atoms with Gasteiger partial charge in [0.15, 0.2) is 17.3 Å². The van der Waals surface area contributed by atoms with Gasteiger partial charge in [-0.25, -0.2) is 0 Å². The number of carbonyl (C=O) groups excluding carboxylic acids is 1. The molecule has 2 atom stereocenters. The Morgan fingerprint density at radius 1 is 1.18 bits per heavy atom. The lowest BCUT2D eigenvalue weighted by atomic mass is 9.74. The first-order valence-electron chi connectivity index (χ1n) is 7.54. The molecule has 2 heterocycles. The van der Waals surface area contributed by atoms with Gasteiger partial charge in [-0.1, -0.05) is 18.2 Å². The maximum absolute atomic E-state index is 13.3. The molecular weight excluding hydrogens is 278 g/mol. The number of fused-ring (bicyclic) bond motifs is 5. The quantitative estimate of drug-likeness (QED) is 0.811. The lowest BCUT2D eigenvalue weighted by molar-refractivity contribution is 0.0896. The molecule has 5 rings (SSSR count). The van der Waals surface area contributed by atoms with Gasteiger partial charge in [-0.15, -0.1) is 0 Å². The monoisotopic (exact) mass is 293 g/mol. The zero-order valence-electron chi connectivity index (χ0n) is 12.2. The van der Waals surface area contributed by atoms with Crippen molar-refractivity contribution < 1.29 is 14.3 Å². The van der Waals surface area contributed by atoms with Crippen LogP contribution in [0, 0.1) is 0 Å². The summed E-state index contributed by atoms with van der Waals surface area (Å²) in [6.45, 7) is 2.32. The molecule has 0 fully saturated rings. The van der Waals surface area contributed by atoms with Gasteiger partial charge in [-0.05, 0) is 37.1 Å². The highest BCUT2D eigenvalue weighted by Crippen LogP contribution is 2.53. The van der Waals surface area contributed by atoms with Crippen molar-refractivity contribution in [3.05, 3.63) is 53.1 Å². The van der Waals surface area contributed by atoms with Crippen molar-refractivity contribution in [3.8, 4) is 11.5 Å². The summed E-state index contributed by atoms with van der Waals surface area (Å²) in [5.74, 6) is 1.68. The molecule has 2 aromatic rings. The molecule has 3 aliphatic rings. The number of benzene rings is 2. The molecule has 0 aromatic heterocycles. The van der Waals surface area contributed by atoms with E-state index in [1.807, 2.05) is 30.3 Å². The van der Waals surface area contributed by atoms with Crippen LogP contribution < -0.4 is 14.8 Å². The van der Waals surface area contributed by atoms with E-state index >= 15 is 0 Å². The van der Waals surface area contributed by atoms with Crippen LogP contribution in [0.2, 0.25) is 0 Å². The summed E-state index contributed by atoms with van der Waals surface area (Å²) in [4.78, 5) is 13.3. The number of ketones is 1. The number of rotatable bonds is 0. The fourth-order valence-corrected chi connectivity index (χ4v) is 4.17. The third-order valence-electron chi connectivity index (χ3n) is 5.27. The van der Waals surface area contributed by atoms with E-state index in [0.717, 1.165) is 33.9 Å². The number of nitrogens with one attached hydrogen (secondary N) is 1. The van der Waals surface area contributed by atoms with Gasteiger partial charge < -0.3 is 14.8 Å². The second kappa shape index (κ2) is 3.83. The lowest BCUT2D eigenvalue weighted by Gasteiger charge is -2.27. The van der Waals surface area contributed by atoms with Crippen LogP contribution in [0.1, 0.15) is 28.4 Å².